The molecule has 0 saturated carbocycles. The van der Waals surface area contributed by atoms with Gasteiger partial charge in [-0.15, -0.1) is 0 Å². The van der Waals surface area contributed by atoms with Gasteiger partial charge in [-0.1, -0.05) is 12.2 Å². The van der Waals surface area contributed by atoms with E-state index in [1.165, 1.54) is 0 Å². The highest BCUT2D eigenvalue weighted by Crippen LogP contribution is 2.22. The molecule has 2 atom stereocenters. The number of nitrogens with one attached hydrogen (secondary N) is 1. The summed E-state index contributed by atoms with van der Waals surface area (Å²) < 4.78 is 0. The number of carboxylic acid groups (broad SMARTS) is 1. The molecule has 6 heteroatoms. The first kappa shape index (κ1) is 13.9. The molecule has 2 rings (SSSR count). The second-order valence-electron chi connectivity index (χ2n) is 5.61. The smallest absolute Gasteiger partial charge is 0.317 e. The number of rotatable bonds is 2. The van der Waals surface area contributed by atoms with E-state index in [9.17, 15) is 14.7 Å². The average Bonchev–Trinajstić information content (AvgIpc) is 2.77. The number of piperidine rings is 1. The topological polar surface area (TPSA) is 89.9 Å². The molecule has 1 aliphatic carbocycles. The van der Waals surface area contributed by atoms with Crippen LogP contribution in [0.1, 0.15) is 26.2 Å². The number of urea groups is 1. The Hall–Kier alpha value is -1.56. The molecule has 1 saturated heterocycles. The van der Waals surface area contributed by atoms with Crippen LogP contribution in [0.3, 0.4) is 0 Å². The van der Waals surface area contributed by atoms with Gasteiger partial charge in [0.1, 0.15) is 0 Å². The van der Waals surface area contributed by atoms with Crippen LogP contribution in [-0.4, -0.2) is 51.8 Å². The number of amides is 2. The van der Waals surface area contributed by atoms with Crippen molar-refractivity contribution in [2.24, 2.45) is 5.92 Å². The molecule has 2 unspecified atom stereocenters. The van der Waals surface area contributed by atoms with Gasteiger partial charge >= 0.3 is 12.0 Å². The monoisotopic (exact) mass is 268 g/mol. The van der Waals surface area contributed by atoms with Crippen LogP contribution in [0.4, 0.5) is 4.79 Å². The van der Waals surface area contributed by atoms with Crippen molar-refractivity contribution >= 4 is 12.0 Å². The standard InChI is InChI=1S/C13H20N2O4/c1-13(19)4-6-15(7-5-13)12(18)14-10-3-2-9(8-10)11(16)17/h2-3,9-10,19H,4-8H2,1H3,(H,14,18)(H,16,17). The number of aliphatic carboxylic acids is 1. The third kappa shape index (κ3) is 3.47. The molecule has 3 N–H and O–H groups in total. The third-order valence-corrected chi connectivity index (χ3v) is 3.84. The normalized spacial score (nSPS) is 29.3. The summed E-state index contributed by atoms with van der Waals surface area (Å²) in [5, 5.41) is 21.5. The van der Waals surface area contributed by atoms with Crippen LogP contribution in [0.5, 0.6) is 0 Å². The number of nitrogens with zero attached hydrogens (tertiary/aromatic N) is 1. The quantitative estimate of drug-likeness (QED) is 0.639. The van der Waals surface area contributed by atoms with Crippen LogP contribution >= 0.6 is 0 Å². The van der Waals surface area contributed by atoms with Crippen LogP contribution < -0.4 is 5.32 Å². The predicted octanol–water partition coefficient (Wildman–Crippen LogP) is 0.572. The first-order valence-electron chi connectivity index (χ1n) is 6.56. The number of aliphatic hydroxyl groups is 1. The Morgan fingerprint density at radius 2 is 1.95 bits per heavy atom. The summed E-state index contributed by atoms with van der Waals surface area (Å²) in [5.74, 6) is -1.37. The number of hydrogen-bond acceptors (Lipinski definition) is 3. The van der Waals surface area contributed by atoms with Crippen LogP contribution in [0.25, 0.3) is 0 Å². The molecule has 0 aromatic carbocycles. The molecule has 0 aromatic rings. The van der Waals surface area contributed by atoms with Gasteiger partial charge in [-0.25, -0.2) is 4.79 Å². The van der Waals surface area contributed by atoms with E-state index < -0.39 is 17.5 Å². The third-order valence-electron chi connectivity index (χ3n) is 3.84. The van der Waals surface area contributed by atoms with Gasteiger partial charge in [-0.05, 0) is 26.2 Å². The zero-order chi connectivity index (χ0) is 14.0. The van der Waals surface area contributed by atoms with Crippen LogP contribution in [0, 0.1) is 5.92 Å². The first-order chi connectivity index (χ1) is 8.87. The molecule has 2 amide bonds. The highest BCUT2D eigenvalue weighted by Gasteiger charge is 2.31. The minimum Gasteiger partial charge on any atom is -0.481 e. The Bertz CT molecular complexity index is 395. The minimum atomic E-state index is -0.859. The van der Waals surface area contributed by atoms with E-state index in [2.05, 4.69) is 5.32 Å². The summed E-state index contributed by atoms with van der Waals surface area (Å²) in [6, 6.07) is -0.396. The summed E-state index contributed by atoms with van der Waals surface area (Å²) in [6.45, 7) is 2.83. The Morgan fingerprint density at radius 3 is 2.47 bits per heavy atom. The summed E-state index contributed by atoms with van der Waals surface area (Å²) in [5.41, 5.74) is -0.682. The van der Waals surface area contributed by atoms with Gasteiger partial charge in [0.25, 0.3) is 0 Å². The number of hydrogen-bond donors (Lipinski definition) is 3. The molecule has 0 radical (unpaired) electrons. The van der Waals surface area contributed by atoms with Crippen molar-refractivity contribution in [1.29, 1.82) is 0 Å². The van der Waals surface area contributed by atoms with Gasteiger partial charge in [-0.2, -0.15) is 0 Å². The fourth-order valence-electron chi connectivity index (χ4n) is 2.43. The highest BCUT2D eigenvalue weighted by atomic mass is 16.4. The van der Waals surface area contributed by atoms with E-state index in [1.54, 1.807) is 24.0 Å². The van der Waals surface area contributed by atoms with E-state index in [-0.39, 0.29) is 12.1 Å². The van der Waals surface area contributed by atoms with Gasteiger partial charge in [0.2, 0.25) is 0 Å². The fraction of sp³-hybridized carbons (Fsp3) is 0.692. The van der Waals surface area contributed by atoms with E-state index in [0.29, 0.717) is 32.4 Å². The van der Waals surface area contributed by atoms with Crippen LogP contribution in [-0.2, 0) is 4.79 Å². The van der Waals surface area contributed by atoms with E-state index in [4.69, 9.17) is 5.11 Å². The lowest BCUT2D eigenvalue weighted by Gasteiger charge is -2.36. The molecule has 0 aromatic heterocycles. The van der Waals surface area contributed by atoms with Crippen molar-refractivity contribution < 1.29 is 19.8 Å². The van der Waals surface area contributed by atoms with Crippen molar-refractivity contribution in [1.82, 2.24) is 10.2 Å². The number of likely N-dealkylation sites (tertiary alicyclic amines) is 1. The van der Waals surface area contributed by atoms with E-state index >= 15 is 0 Å². The molecule has 2 aliphatic rings. The molecule has 106 valence electrons. The highest BCUT2D eigenvalue weighted by molar-refractivity contribution is 5.76. The molecule has 1 aliphatic heterocycles. The van der Waals surface area contributed by atoms with Crippen molar-refractivity contribution in [3.8, 4) is 0 Å². The molecule has 1 heterocycles. The fourth-order valence-corrected chi connectivity index (χ4v) is 2.43. The van der Waals surface area contributed by atoms with E-state index in [0.717, 1.165) is 0 Å². The summed E-state index contributed by atoms with van der Waals surface area (Å²) in [4.78, 5) is 24.5. The second-order valence-corrected chi connectivity index (χ2v) is 5.61. The van der Waals surface area contributed by atoms with Gasteiger partial charge < -0.3 is 20.4 Å². The molecule has 19 heavy (non-hydrogen) atoms. The Balaban J connectivity index is 1.80. The first-order valence-corrected chi connectivity index (χ1v) is 6.56. The van der Waals surface area contributed by atoms with Gasteiger partial charge in [0, 0.05) is 13.1 Å². The molecule has 6 nitrogen and oxygen atoms in total. The van der Waals surface area contributed by atoms with Crippen LogP contribution in [0.2, 0.25) is 0 Å². The van der Waals surface area contributed by atoms with Gasteiger partial charge in [0.15, 0.2) is 0 Å². The maximum Gasteiger partial charge on any atom is 0.317 e. The zero-order valence-corrected chi connectivity index (χ0v) is 11.0. The molecule has 1 fully saturated rings. The van der Waals surface area contributed by atoms with E-state index in [1.807, 2.05) is 0 Å². The Labute approximate surface area is 112 Å². The van der Waals surface area contributed by atoms with Gasteiger partial charge in [0.05, 0.1) is 17.6 Å². The van der Waals surface area contributed by atoms with Crippen molar-refractivity contribution in [3.63, 3.8) is 0 Å². The summed E-state index contributed by atoms with van der Waals surface area (Å²) >= 11 is 0. The molecular weight excluding hydrogens is 248 g/mol. The number of carbonyl (C=O) groups is 2. The molecule has 0 spiro atoms. The second kappa shape index (κ2) is 5.21. The van der Waals surface area contributed by atoms with Crippen molar-refractivity contribution in [3.05, 3.63) is 12.2 Å². The van der Waals surface area contributed by atoms with Crippen molar-refractivity contribution in [2.45, 2.75) is 37.8 Å². The van der Waals surface area contributed by atoms with Gasteiger partial charge in [-0.3, -0.25) is 4.79 Å². The Morgan fingerprint density at radius 1 is 1.32 bits per heavy atom. The molecular formula is C13H20N2O4. The van der Waals surface area contributed by atoms with Crippen LogP contribution in [0.15, 0.2) is 12.2 Å². The maximum atomic E-state index is 12.0. The zero-order valence-electron chi connectivity index (χ0n) is 11.0. The summed E-state index contributed by atoms with van der Waals surface area (Å²) in [6.07, 6.45) is 4.90. The number of carbonyl (C=O) groups excluding carboxylic acids is 1. The lowest BCUT2D eigenvalue weighted by atomic mass is 9.94. The number of carboxylic acids is 1. The lowest BCUT2D eigenvalue weighted by molar-refractivity contribution is -0.140. The predicted molar refractivity (Wildman–Crippen MR) is 68.6 cm³/mol. The Kier molecular flexibility index (Phi) is 3.80. The SMILES string of the molecule is CC1(O)CCN(C(=O)NC2C=CC(C(=O)O)C2)CC1. The minimum absolute atomic E-state index is 0.184. The maximum absolute atomic E-state index is 12.0. The molecule has 0 bridgehead atoms. The summed E-state index contributed by atoms with van der Waals surface area (Å²) in [7, 11) is 0. The van der Waals surface area contributed by atoms with Crippen molar-refractivity contribution in [2.75, 3.05) is 13.1 Å². The lowest BCUT2D eigenvalue weighted by Crippen LogP contribution is -2.50. The average molecular weight is 268 g/mol. The largest absolute Gasteiger partial charge is 0.481 e.